The van der Waals surface area contributed by atoms with Crippen LogP contribution in [0.5, 0.6) is 0 Å². The molecule has 0 aromatic heterocycles. The molecule has 1 unspecified atom stereocenters. The van der Waals surface area contributed by atoms with E-state index in [4.69, 9.17) is 10.2 Å². The molecule has 1 atom stereocenters. The van der Waals surface area contributed by atoms with Gasteiger partial charge in [0, 0.05) is 0 Å². The summed E-state index contributed by atoms with van der Waals surface area (Å²) in [5.74, 6) is 0. The van der Waals surface area contributed by atoms with Crippen LogP contribution in [0.1, 0.15) is 30.7 Å². The van der Waals surface area contributed by atoms with E-state index in [2.05, 4.69) is 98.0 Å². The van der Waals surface area contributed by atoms with Crippen LogP contribution in [0, 0.1) is 0 Å². The molecule has 2 aliphatic rings. The SMILES string of the molecule is C[O-].C[O-].C[SiH](C)[Ti+2]([CH]1C=Cc2ccccc21)[CH]1c2ccccc2-c2ccccc21. The standard InChI is InChI=1S/C13H9.C9H7.C2H7Si.2CH3O.Ti/c1-3-7-12-10(5-1)9-11-6-2-4-8-13(11)12;1-2-5-9-7-3-6-8(9)4-1;1-3-2;2*1-2;/h1-9H;1-7H;3H,1-2H3;2*1H3;/q;;;2*-1;+2. The third kappa shape index (κ3) is 4.05. The summed E-state index contributed by atoms with van der Waals surface area (Å²) >= 11 is -1.42. The molecule has 4 heteroatoms. The molecule has 0 saturated heterocycles. The maximum absolute atomic E-state index is 8.25. The van der Waals surface area contributed by atoms with E-state index >= 15 is 0 Å². The second kappa shape index (κ2) is 10.5. The molecule has 0 aliphatic heterocycles. The van der Waals surface area contributed by atoms with Gasteiger partial charge in [-0.05, 0) is 0 Å². The Kier molecular flexibility index (Phi) is 8.04. The molecule has 0 N–H and O–H groups in total. The first-order chi connectivity index (χ1) is 14.8. The van der Waals surface area contributed by atoms with Crippen molar-refractivity contribution in [2.45, 2.75) is 21.5 Å². The number of hydrogen-bond donors (Lipinski definition) is 0. The molecule has 30 heavy (non-hydrogen) atoms. The average Bonchev–Trinajstić information content (AvgIpc) is 3.37. The molecule has 0 saturated carbocycles. The van der Waals surface area contributed by atoms with Crippen molar-refractivity contribution in [2.24, 2.45) is 0 Å². The van der Waals surface area contributed by atoms with Gasteiger partial charge in [0.2, 0.25) is 0 Å². The van der Waals surface area contributed by atoms with Crippen molar-refractivity contribution in [1.29, 1.82) is 0 Å². The number of fused-ring (bicyclic) bond motifs is 4. The molecule has 3 aromatic rings. The van der Waals surface area contributed by atoms with E-state index in [9.17, 15) is 0 Å². The quantitative estimate of drug-likeness (QED) is 0.566. The Morgan fingerprint density at radius 1 is 0.667 bits per heavy atom. The number of benzene rings is 3. The van der Waals surface area contributed by atoms with Crippen LogP contribution < -0.4 is 10.2 Å². The van der Waals surface area contributed by atoms with Gasteiger partial charge in [0.25, 0.3) is 0 Å². The molecule has 3 aromatic carbocycles. The van der Waals surface area contributed by atoms with Gasteiger partial charge in [0.15, 0.2) is 0 Å². The van der Waals surface area contributed by atoms with E-state index in [1.807, 2.05) is 0 Å². The van der Waals surface area contributed by atoms with Crippen molar-refractivity contribution in [3.05, 3.63) is 101 Å². The zero-order valence-corrected chi connectivity index (χ0v) is 20.8. The summed E-state index contributed by atoms with van der Waals surface area (Å²) in [5, 5.41) is 16.5. The van der Waals surface area contributed by atoms with E-state index in [0.717, 1.165) is 14.2 Å². The Bertz CT molecular complexity index is 970. The van der Waals surface area contributed by atoms with Crippen molar-refractivity contribution in [3.63, 3.8) is 0 Å². The summed E-state index contributed by atoms with van der Waals surface area (Å²) in [6.45, 7) is 4.46. The molecule has 0 amide bonds. The normalized spacial score (nSPS) is 15.4. The van der Waals surface area contributed by atoms with Gasteiger partial charge >= 0.3 is 164 Å². The van der Waals surface area contributed by atoms with E-state index in [1.165, 1.54) is 16.7 Å². The molecule has 2 nitrogen and oxygen atoms in total. The second-order valence-electron chi connectivity index (χ2n) is 7.73. The van der Waals surface area contributed by atoms with Gasteiger partial charge in [-0.25, -0.2) is 0 Å². The molecule has 153 valence electrons. The number of allylic oxidation sites excluding steroid dienone is 1. The van der Waals surface area contributed by atoms with Gasteiger partial charge < -0.3 is 10.2 Å². The van der Waals surface area contributed by atoms with Crippen molar-refractivity contribution in [1.82, 2.24) is 0 Å². The molecule has 2 aliphatic carbocycles. The van der Waals surface area contributed by atoms with Crippen molar-refractivity contribution in [3.8, 4) is 11.1 Å². The van der Waals surface area contributed by atoms with Gasteiger partial charge in [-0.2, -0.15) is 14.2 Å². The first-order valence-corrected chi connectivity index (χ1v) is 17.8. The van der Waals surface area contributed by atoms with Gasteiger partial charge in [-0.15, -0.1) is 0 Å². The fourth-order valence-electron chi connectivity index (χ4n) is 4.93. The zero-order chi connectivity index (χ0) is 21.7. The van der Waals surface area contributed by atoms with E-state index in [0.29, 0.717) is 8.45 Å². The van der Waals surface area contributed by atoms with Crippen LogP contribution >= 0.6 is 0 Å². The Labute approximate surface area is 187 Å². The molecule has 0 heterocycles. The zero-order valence-electron chi connectivity index (χ0n) is 18.1. The summed E-state index contributed by atoms with van der Waals surface area (Å²) in [4.78, 5) is 0. The van der Waals surface area contributed by atoms with Gasteiger partial charge in [0.1, 0.15) is 0 Å². The van der Waals surface area contributed by atoms with E-state index in [-0.39, 0.29) is 0 Å². The molecule has 0 radical (unpaired) electrons. The fraction of sp³-hybridized carbons (Fsp3) is 0.231. The molecule has 5 rings (SSSR count). The van der Waals surface area contributed by atoms with Crippen molar-refractivity contribution >= 4 is 12.7 Å². The molecular weight excluding hydrogens is 420 g/mol. The van der Waals surface area contributed by atoms with Crippen molar-refractivity contribution in [2.75, 3.05) is 14.2 Å². The van der Waals surface area contributed by atoms with Crippen LogP contribution in [-0.4, -0.2) is 20.9 Å². The monoisotopic (exact) mass is 449 g/mol. The predicted octanol–water partition coefficient (Wildman–Crippen LogP) is 4.08. The van der Waals surface area contributed by atoms with Crippen LogP contribution in [0.2, 0.25) is 13.1 Å². The summed E-state index contributed by atoms with van der Waals surface area (Å²) in [6.07, 6.45) is 4.94. The van der Waals surface area contributed by atoms with Gasteiger partial charge in [-0.1, -0.05) is 0 Å². The Morgan fingerprint density at radius 2 is 1.13 bits per heavy atom. The Morgan fingerprint density at radius 3 is 1.67 bits per heavy atom. The van der Waals surface area contributed by atoms with Crippen molar-refractivity contribution < 1.29 is 27.3 Å². The van der Waals surface area contributed by atoms with Gasteiger partial charge in [0.05, 0.1) is 0 Å². The average molecular weight is 449 g/mol. The summed E-state index contributed by atoms with van der Waals surface area (Å²) in [7, 11) is 1.50. The summed E-state index contributed by atoms with van der Waals surface area (Å²) in [6, 6.07) is 27.5. The minimum atomic E-state index is -1.42. The van der Waals surface area contributed by atoms with Crippen LogP contribution in [0.3, 0.4) is 0 Å². The first kappa shape index (κ1) is 22.9. The van der Waals surface area contributed by atoms with Gasteiger partial charge in [-0.3, -0.25) is 0 Å². The fourth-order valence-corrected chi connectivity index (χ4v) is 19.4. The predicted molar refractivity (Wildman–Crippen MR) is 123 cm³/mol. The van der Waals surface area contributed by atoms with E-state index < -0.39 is 23.8 Å². The Hall–Kier alpha value is -1.75. The van der Waals surface area contributed by atoms with Crippen LogP contribution in [0.4, 0.5) is 0 Å². The number of hydrogen-bond acceptors (Lipinski definition) is 2. The maximum atomic E-state index is 8.25. The number of rotatable bonds is 3. The molecule has 0 fully saturated rings. The molecular formula is C26H29O2SiTi. The Balaban J connectivity index is 0.000000606. The summed E-state index contributed by atoms with van der Waals surface area (Å²) < 4.78 is 1.40. The van der Waals surface area contributed by atoms with E-state index in [1.54, 1.807) is 16.7 Å². The molecule has 0 spiro atoms. The topological polar surface area (TPSA) is 46.1 Å². The molecule has 0 bridgehead atoms. The second-order valence-corrected chi connectivity index (χ2v) is 21.6. The third-order valence-electron chi connectivity index (χ3n) is 5.99. The van der Waals surface area contributed by atoms with Crippen LogP contribution in [-0.2, 0) is 17.1 Å². The summed E-state index contributed by atoms with van der Waals surface area (Å²) in [5.41, 5.74) is 9.26. The van der Waals surface area contributed by atoms with Crippen LogP contribution in [0.15, 0.2) is 78.9 Å². The minimum absolute atomic E-state index is 0.690. The van der Waals surface area contributed by atoms with Crippen LogP contribution in [0.25, 0.3) is 17.2 Å². The first-order valence-electron chi connectivity index (χ1n) is 10.4. The third-order valence-corrected chi connectivity index (χ3v) is 20.3.